The van der Waals surface area contributed by atoms with Crippen LogP contribution in [0, 0.1) is 31.6 Å². The molecule has 1 spiro atoms. The van der Waals surface area contributed by atoms with E-state index in [2.05, 4.69) is 20.1 Å². The molecule has 0 aromatic heterocycles. The minimum absolute atomic E-state index is 0.0755. The van der Waals surface area contributed by atoms with E-state index in [4.69, 9.17) is 0 Å². The molecular formula is C31H43N3O4S. The third-order valence-corrected chi connectivity index (χ3v) is 11.0. The van der Waals surface area contributed by atoms with E-state index in [1.165, 1.54) is 0 Å². The Morgan fingerprint density at radius 1 is 1.18 bits per heavy atom. The fourth-order valence-corrected chi connectivity index (χ4v) is 9.44. The highest BCUT2D eigenvalue weighted by Gasteiger charge is 2.78. The van der Waals surface area contributed by atoms with Crippen LogP contribution in [0.1, 0.15) is 44.7 Å². The number of likely N-dealkylation sites (tertiary alicyclic amines) is 1. The average molecular weight is 554 g/mol. The van der Waals surface area contributed by atoms with Crippen molar-refractivity contribution in [2.75, 3.05) is 31.6 Å². The minimum Gasteiger partial charge on any atom is -0.394 e. The molecule has 1 aromatic carbocycles. The lowest BCUT2D eigenvalue weighted by molar-refractivity contribution is -0.146. The molecule has 0 radical (unpaired) electrons. The van der Waals surface area contributed by atoms with Crippen molar-refractivity contribution in [3.05, 3.63) is 54.6 Å². The van der Waals surface area contributed by atoms with E-state index >= 15 is 0 Å². The van der Waals surface area contributed by atoms with Crippen molar-refractivity contribution in [1.82, 2.24) is 9.80 Å². The van der Waals surface area contributed by atoms with Gasteiger partial charge in [0.05, 0.1) is 29.2 Å². The average Bonchev–Trinajstić information content (AvgIpc) is 3.45. The summed E-state index contributed by atoms with van der Waals surface area (Å²) in [5.41, 5.74) is 2.78. The Labute approximate surface area is 237 Å². The number of amides is 3. The standard InChI is InChI=1S/C31H43N3O4S/c1-9-15-32(8)27(36)24-25-28(37)34(23(18-35)19(3)4)26(31(25)14-13-30(24,7)39-31)29(38)33(16-10-2)22-17-20(5)11-12-21(22)6/h9-12,17,19,23-26,35H,1-2,13-16,18H2,3-8H3/t23-,24-,25-,26?,30+,31?/m0/s1. The molecule has 3 saturated heterocycles. The predicted molar refractivity (Wildman–Crippen MR) is 158 cm³/mol. The molecule has 3 aliphatic rings. The first-order valence-electron chi connectivity index (χ1n) is 13.9. The van der Waals surface area contributed by atoms with Crippen molar-refractivity contribution in [1.29, 1.82) is 0 Å². The number of thioether (sulfide) groups is 1. The van der Waals surface area contributed by atoms with Crippen molar-refractivity contribution < 1.29 is 19.5 Å². The van der Waals surface area contributed by atoms with Crippen LogP contribution in [-0.2, 0) is 14.4 Å². The van der Waals surface area contributed by atoms with Crippen LogP contribution in [0.2, 0.25) is 0 Å². The molecule has 2 unspecified atom stereocenters. The monoisotopic (exact) mass is 553 g/mol. The molecule has 39 heavy (non-hydrogen) atoms. The summed E-state index contributed by atoms with van der Waals surface area (Å²) in [5.74, 6) is -1.71. The molecule has 3 fully saturated rings. The SMILES string of the molecule is C=CCN(C)C(=O)[C@@H]1[C@H]2C(=O)N([C@@H](CO)C(C)C)C(C(=O)N(CC=C)c3cc(C)ccc3C)C23CC[C@@]1(C)S3. The first-order chi connectivity index (χ1) is 18.4. The summed E-state index contributed by atoms with van der Waals surface area (Å²) in [6.45, 7) is 18.1. The number of fused-ring (bicyclic) bond motifs is 1. The lowest BCUT2D eigenvalue weighted by Gasteiger charge is -2.41. The molecule has 3 amide bonds. The largest absolute Gasteiger partial charge is 0.394 e. The molecule has 1 N–H and O–H groups in total. The molecule has 8 heteroatoms. The molecule has 2 bridgehead atoms. The molecule has 7 nitrogen and oxygen atoms in total. The van der Waals surface area contributed by atoms with Gasteiger partial charge < -0.3 is 19.8 Å². The molecule has 4 rings (SSSR count). The van der Waals surface area contributed by atoms with Crippen LogP contribution in [0.25, 0.3) is 0 Å². The number of hydrogen-bond acceptors (Lipinski definition) is 5. The summed E-state index contributed by atoms with van der Waals surface area (Å²) in [7, 11) is 1.74. The Balaban J connectivity index is 1.89. The van der Waals surface area contributed by atoms with Crippen LogP contribution in [0.3, 0.4) is 0 Å². The summed E-state index contributed by atoms with van der Waals surface area (Å²) in [4.78, 5) is 48.2. The number of aryl methyl sites for hydroxylation is 2. The zero-order valence-corrected chi connectivity index (χ0v) is 25.0. The molecule has 6 atom stereocenters. The van der Waals surface area contributed by atoms with Gasteiger partial charge in [0, 0.05) is 30.6 Å². The highest BCUT2D eigenvalue weighted by Crippen LogP contribution is 2.72. The van der Waals surface area contributed by atoms with Crippen molar-refractivity contribution in [2.45, 2.75) is 69.0 Å². The highest BCUT2D eigenvalue weighted by atomic mass is 32.2. The number of rotatable bonds is 10. The third-order valence-electron chi connectivity index (χ3n) is 9.04. The van der Waals surface area contributed by atoms with Crippen molar-refractivity contribution >= 4 is 35.2 Å². The molecule has 212 valence electrons. The van der Waals surface area contributed by atoms with Crippen molar-refractivity contribution in [2.24, 2.45) is 17.8 Å². The number of nitrogens with zero attached hydrogens (tertiary/aromatic N) is 3. The Morgan fingerprint density at radius 3 is 2.44 bits per heavy atom. The first kappa shape index (κ1) is 29.4. The Kier molecular flexibility index (Phi) is 8.12. The van der Waals surface area contributed by atoms with Gasteiger partial charge in [-0.05, 0) is 56.7 Å². The highest BCUT2D eigenvalue weighted by molar-refractivity contribution is 8.02. The van der Waals surface area contributed by atoms with Gasteiger partial charge >= 0.3 is 0 Å². The lowest BCUT2D eigenvalue weighted by atomic mass is 9.66. The number of aliphatic hydroxyl groups excluding tert-OH is 1. The maximum absolute atomic E-state index is 14.8. The maximum Gasteiger partial charge on any atom is 0.251 e. The molecular weight excluding hydrogens is 510 g/mol. The fourth-order valence-electron chi connectivity index (χ4n) is 7.11. The van der Waals surface area contributed by atoms with Crippen LogP contribution >= 0.6 is 11.8 Å². The van der Waals surface area contributed by atoms with Gasteiger partial charge in [0.1, 0.15) is 6.04 Å². The Morgan fingerprint density at radius 2 is 1.85 bits per heavy atom. The molecule has 3 aliphatic heterocycles. The van der Waals surface area contributed by atoms with Gasteiger partial charge in [-0.3, -0.25) is 14.4 Å². The number of aliphatic hydroxyl groups is 1. The van der Waals surface area contributed by atoms with Gasteiger partial charge in [-0.15, -0.1) is 24.9 Å². The number of carbonyl (C=O) groups is 3. The summed E-state index contributed by atoms with van der Waals surface area (Å²) in [6, 6.07) is 4.67. The number of hydrogen-bond donors (Lipinski definition) is 1. The van der Waals surface area contributed by atoms with E-state index in [0.29, 0.717) is 19.5 Å². The minimum atomic E-state index is -0.802. The van der Waals surface area contributed by atoms with Crippen LogP contribution in [0.5, 0.6) is 0 Å². The van der Waals surface area contributed by atoms with Gasteiger partial charge in [0.25, 0.3) is 5.91 Å². The molecule has 0 saturated carbocycles. The van der Waals surface area contributed by atoms with Gasteiger partial charge in [0.2, 0.25) is 11.8 Å². The Hall–Kier alpha value is -2.58. The number of anilines is 1. The zero-order chi connectivity index (χ0) is 28.9. The van der Waals surface area contributed by atoms with Gasteiger partial charge in [-0.1, -0.05) is 38.1 Å². The Bertz CT molecular complexity index is 1180. The summed E-state index contributed by atoms with van der Waals surface area (Å²) < 4.78 is -1.20. The molecule has 1 aromatic rings. The first-order valence-corrected chi connectivity index (χ1v) is 14.7. The van der Waals surface area contributed by atoms with Crippen LogP contribution in [0.15, 0.2) is 43.5 Å². The predicted octanol–water partition coefficient (Wildman–Crippen LogP) is 3.97. The number of benzene rings is 1. The second kappa shape index (κ2) is 10.8. The van der Waals surface area contributed by atoms with E-state index in [1.54, 1.807) is 45.7 Å². The quantitative estimate of drug-likeness (QED) is 0.444. The van der Waals surface area contributed by atoms with E-state index in [9.17, 15) is 19.5 Å². The molecule has 3 heterocycles. The summed E-state index contributed by atoms with van der Waals surface area (Å²) in [5, 5.41) is 10.5. The van der Waals surface area contributed by atoms with E-state index in [-0.39, 0.29) is 30.2 Å². The smallest absolute Gasteiger partial charge is 0.251 e. The zero-order valence-electron chi connectivity index (χ0n) is 24.1. The van der Waals surface area contributed by atoms with Crippen LogP contribution in [-0.4, -0.2) is 80.9 Å². The van der Waals surface area contributed by atoms with Crippen molar-refractivity contribution in [3.8, 4) is 0 Å². The normalized spacial score (nSPS) is 29.9. The van der Waals surface area contributed by atoms with Gasteiger partial charge in [-0.25, -0.2) is 0 Å². The van der Waals surface area contributed by atoms with Crippen LogP contribution in [0.4, 0.5) is 5.69 Å². The second-order valence-corrected chi connectivity index (χ2v) is 13.9. The van der Waals surface area contributed by atoms with Gasteiger partial charge in [-0.2, -0.15) is 0 Å². The summed E-state index contributed by atoms with van der Waals surface area (Å²) >= 11 is 1.65. The van der Waals surface area contributed by atoms with E-state index < -0.39 is 33.4 Å². The third kappa shape index (κ3) is 4.53. The summed E-state index contributed by atoms with van der Waals surface area (Å²) in [6.07, 6.45) is 4.80. The van der Waals surface area contributed by atoms with E-state index in [0.717, 1.165) is 23.2 Å². The second-order valence-electron chi connectivity index (χ2n) is 12.0. The number of carbonyl (C=O) groups excluding carboxylic acids is 3. The number of likely N-dealkylation sites (N-methyl/N-ethyl adjacent to an activating group) is 1. The van der Waals surface area contributed by atoms with Crippen LogP contribution < -0.4 is 4.90 Å². The van der Waals surface area contributed by atoms with Crippen molar-refractivity contribution in [3.63, 3.8) is 0 Å². The van der Waals surface area contributed by atoms with Gasteiger partial charge in [0.15, 0.2) is 0 Å². The fraction of sp³-hybridized carbons (Fsp3) is 0.581. The molecule has 0 aliphatic carbocycles. The maximum atomic E-state index is 14.8. The lowest BCUT2D eigenvalue weighted by Crippen LogP contribution is -2.58. The van der Waals surface area contributed by atoms with E-state index in [1.807, 2.05) is 45.9 Å². The topological polar surface area (TPSA) is 81.2 Å².